The van der Waals surface area contributed by atoms with E-state index in [1.165, 1.54) is 19.3 Å². The number of likely N-dealkylation sites (tertiary alicyclic amines) is 2. The monoisotopic (exact) mass is 377 g/mol. The molecule has 1 N–H and O–H groups in total. The van der Waals surface area contributed by atoms with E-state index in [0.717, 1.165) is 25.7 Å². The van der Waals surface area contributed by atoms with Crippen molar-refractivity contribution >= 4 is 17.7 Å². The predicted molar refractivity (Wildman–Crippen MR) is 104 cm³/mol. The minimum atomic E-state index is -0.240. The summed E-state index contributed by atoms with van der Waals surface area (Å²) in [5.41, 5.74) is -0.240. The first-order valence-electron chi connectivity index (χ1n) is 10.7. The van der Waals surface area contributed by atoms with Gasteiger partial charge in [0.05, 0.1) is 5.92 Å². The number of nitrogens with zero attached hydrogens (tertiary/aromatic N) is 2. The van der Waals surface area contributed by atoms with Gasteiger partial charge in [-0.2, -0.15) is 0 Å². The van der Waals surface area contributed by atoms with Crippen molar-refractivity contribution in [1.29, 1.82) is 0 Å². The van der Waals surface area contributed by atoms with Gasteiger partial charge in [-0.25, -0.2) is 0 Å². The molecule has 0 aromatic rings. The van der Waals surface area contributed by atoms with Crippen molar-refractivity contribution in [1.82, 2.24) is 15.1 Å². The number of nitrogens with one attached hydrogen (secondary N) is 1. The Morgan fingerprint density at radius 1 is 0.963 bits per heavy atom. The maximum atomic E-state index is 12.9. The second-order valence-electron chi connectivity index (χ2n) is 9.52. The molecule has 0 spiro atoms. The minimum absolute atomic E-state index is 0.0206. The van der Waals surface area contributed by atoms with Crippen molar-refractivity contribution in [3.8, 4) is 0 Å². The first-order chi connectivity index (χ1) is 12.8. The third-order valence-electron chi connectivity index (χ3n) is 6.41. The molecule has 0 aromatic heterocycles. The highest BCUT2D eigenvalue weighted by Crippen LogP contribution is 2.29. The fourth-order valence-corrected chi connectivity index (χ4v) is 4.71. The van der Waals surface area contributed by atoms with Crippen LogP contribution in [0.1, 0.15) is 72.1 Å². The molecule has 6 nitrogen and oxygen atoms in total. The van der Waals surface area contributed by atoms with Gasteiger partial charge in [-0.3, -0.25) is 14.4 Å². The number of amides is 3. The van der Waals surface area contributed by atoms with Crippen LogP contribution in [0.15, 0.2) is 0 Å². The lowest BCUT2D eigenvalue weighted by Gasteiger charge is -2.35. The molecular weight excluding hydrogens is 342 g/mol. The molecule has 0 aromatic carbocycles. The Hall–Kier alpha value is -1.59. The third-order valence-corrected chi connectivity index (χ3v) is 6.41. The highest BCUT2D eigenvalue weighted by molar-refractivity contribution is 5.90. The lowest BCUT2D eigenvalue weighted by atomic mass is 9.92. The van der Waals surface area contributed by atoms with Gasteiger partial charge in [0.2, 0.25) is 17.7 Å². The Morgan fingerprint density at radius 2 is 1.59 bits per heavy atom. The van der Waals surface area contributed by atoms with E-state index in [1.54, 1.807) is 0 Å². The Kier molecular flexibility index (Phi) is 6.11. The molecule has 6 heteroatoms. The summed E-state index contributed by atoms with van der Waals surface area (Å²) in [6, 6.07) is 0.346. The maximum Gasteiger partial charge on any atom is 0.227 e. The fraction of sp³-hybridized carbons (Fsp3) is 0.857. The number of carbonyl (C=O) groups excluding carboxylic acids is 3. The minimum Gasteiger partial charge on any atom is -0.353 e. The topological polar surface area (TPSA) is 69.7 Å². The van der Waals surface area contributed by atoms with Crippen molar-refractivity contribution in [3.63, 3.8) is 0 Å². The zero-order valence-electron chi connectivity index (χ0n) is 17.1. The van der Waals surface area contributed by atoms with Crippen LogP contribution < -0.4 is 5.32 Å². The maximum absolute atomic E-state index is 12.9. The summed E-state index contributed by atoms with van der Waals surface area (Å²) in [5, 5.41) is 3.22. The average molecular weight is 378 g/mol. The quantitative estimate of drug-likeness (QED) is 0.821. The van der Waals surface area contributed by atoms with Gasteiger partial charge in [0.1, 0.15) is 0 Å². The zero-order valence-corrected chi connectivity index (χ0v) is 17.1. The normalized spacial score (nSPS) is 25.7. The van der Waals surface area contributed by atoms with E-state index in [1.807, 2.05) is 30.6 Å². The summed E-state index contributed by atoms with van der Waals surface area (Å²) in [6.07, 6.45) is 7.68. The second kappa shape index (κ2) is 8.19. The smallest absolute Gasteiger partial charge is 0.227 e. The van der Waals surface area contributed by atoms with Crippen LogP contribution in [-0.2, 0) is 14.4 Å². The SMILES string of the molecule is CC(C)(C)N1CC(C(=O)N2CCC(C(=O)NC3CCCCC3)CC2)CC1=O. The molecule has 3 aliphatic rings. The molecule has 1 saturated carbocycles. The van der Waals surface area contributed by atoms with Crippen LogP contribution in [-0.4, -0.2) is 58.7 Å². The van der Waals surface area contributed by atoms with Crippen molar-refractivity contribution in [2.45, 2.75) is 83.7 Å². The summed E-state index contributed by atoms with van der Waals surface area (Å²) in [6.45, 7) is 7.80. The average Bonchev–Trinajstić information content (AvgIpc) is 3.04. The number of piperidine rings is 1. The van der Waals surface area contributed by atoms with E-state index in [2.05, 4.69) is 5.32 Å². The van der Waals surface area contributed by atoms with Crippen LogP contribution in [0.5, 0.6) is 0 Å². The van der Waals surface area contributed by atoms with Gasteiger partial charge in [0, 0.05) is 43.6 Å². The van der Waals surface area contributed by atoms with Crippen molar-refractivity contribution < 1.29 is 14.4 Å². The van der Waals surface area contributed by atoms with Crippen LogP contribution in [0, 0.1) is 11.8 Å². The highest BCUT2D eigenvalue weighted by Gasteiger charge is 2.41. The van der Waals surface area contributed by atoms with Gasteiger partial charge in [0.25, 0.3) is 0 Å². The van der Waals surface area contributed by atoms with Gasteiger partial charge in [-0.1, -0.05) is 19.3 Å². The van der Waals surface area contributed by atoms with Gasteiger partial charge < -0.3 is 15.1 Å². The molecule has 27 heavy (non-hydrogen) atoms. The lowest BCUT2D eigenvalue weighted by Crippen LogP contribution is -2.47. The Labute approximate surface area is 163 Å². The van der Waals surface area contributed by atoms with Gasteiger partial charge in [0.15, 0.2) is 0 Å². The van der Waals surface area contributed by atoms with Gasteiger partial charge in [-0.05, 0) is 46.5 Å². The molecule has 0 radical (unpaired) electrons. The standard InChI is InChI=1S/C21H35N3O3/c1-21(2,3)24-14-16(13-18(24)25)20(27)23-11-9-15(10-12-23)19(26)22-17-7-5-4-6-8-17/h15-17H,4-14H2,1-3H3,(H,22,26). The van der Waals surface area contributed by atoms with Crippen LogP contribution >= 0.6 is 0 Å². The molecule has 3 amide bonds. The summed E-state index contributed by atoms with van der Waals surface area (Å²) in [4.78, 5) is 41.3. The molecule has 1 atom stereocenters. The second-order valence-corrected chi connectivity index (χ2v) is 9.52. The van der Waals surface area contributed by atoms with E-state index < -0.39 is 0 Å². The van der Waals surface area contributed by atoms with Gasteiger partial charge >= 0.3 is 0 Å². The van der Waals surface area contributed by atoms with Gasteiger partial charge in [-0.15, -0.1) is 0 Å². The summed E-state index contributed by atoms with van der Waals surface area (Å²) >= 11 is 0. The van der Waals surface area contributed by atoms with Crippen molar-refractivity contribution in [2.24, 2.45) is 11.8 Å². The molecule has 2 saturated heterocycles. The van der Waals surface area contributed by atoms with Crippen LogP contribution in [0.4, 0.5) is 0 Å². The Bertz CT molecular complexity index is 570. The van der Waals surface area contributed by atoms with E-state index in [-0.39, 0.29) is 35.1 Å². The molecular formula is C21H35N3O3. The fourth-order valence-electron chi connectivity index (χ4n) is 4.71. The summed E-state index contributed by atoms with van der Waals surface area (Å²) in [7, 11) is 0. The third kappa shape index (κ3) is 4.82. The largest absolute Gasteiger partial charge is 0.353 e. The molecule has 2 heterocycles. The van der Waals surface area contributed by atoms with E-state index in [0.29, 0.717) is 32.1 Å². The number of hydrogen-bond donors (Lipinski definition) is 1. The molecule has 0 bridgehead atoms. The number of hydrogen-bond acceptors (Lipinski definition) is 3. The van der Waals surface area contributed by atoms with Crippen molar-refractivity contribution in [2.75, 3.05) is 19.6 Å². The van der Waals surface area contributed by atoms with E-state index in [4.69, 9.17) is 0 Å². The number of rotatable bonds is 3. The Balaban J connectivity index is 1.46. The van der Waals surface area contributed by atoms with Crippen molar-refractivity contribution in [3.05, 3.63) is 0 Å². The Morgan fingerprint density at radius 3 is 2.15 bits per heavy atom. The molecule has 3 fully saturated rings. The zero-order chi connectivity index (χ0) is 19.6. The highest BCUT2D eigenvalue weighted by atomic mass is 16.2. The molecule has 1 aliphatic carbocycles. The summed E-state index contributed by atoms with van der Waals surface area (Å²) in [5.74, 6) is 0.115. The van der Waals surface area contributed by atoms with E-state index >= 15 is 0 Å². The first-order valence-corrected chi connectivity index (χ1v) is 10.7. The van der Waals surface area contributed by atoms with Crippen LogP contribution in [0.3, 0.4) is 0 Å². The molecule has 2 aliphatic heterocycles. The molecule has 1 unspecified atom stereocenters. The predicted octanol–water partition coefficient (Wildman–Crippen LogP) is 2.32. The lowest BCUT2D eigenvalue weighted by molar-refractivity contribution is -0.139. The first kappa shape index (κ1) is 20.2. The summed E-state index contributed by atoms with van der Waals surface area (Å²) < 4.78 is 0. The molecule has 152 valence electrons. The number of carbonyl (C=O) groups is 3. The van der Waals surface area contributed by atoms with Crippen LogP contribution in [0.2, 0.25) is 0 Å². The van der Waals surface area contributed by atoms with E-state index in [9.17, 15) is 14.4 Å². The molecule has 3 rings (SSSR count). The van der Waals surface area contributed by atoms with Crippen LogP contribution in [0.25, 0.3) is 0 Å².